The van der Waals surface area contributed by atoms with E-state index >= 15 is 0 Å². The first-order valence-electron chi connectivity index (χ1n) is 21.8. The minimum atomic E-state index is -1.14. The quantitative estimate of drug-likeness (QED) is 0.0267. The van der Waals surface area contributed by atoms with Crippen LogP contribution in [0.25, 0.3) is 0 Å². The van der Waals surface area contributed by atoms with Gasteiger partial charge in [-0.2, -0.15) is 0 Å². The largest absolute Gasteiger partial charge is 0.544 e. The van der Waals surface area contributed by atoms with Gasteiger partial charge in [0.05, 0.1) is 40.3 Å². The molecule has 0 amide bonds. The summed E-state index contributed by atoms with van der Waals surface area (Å²) in [5, 5.41) is 11.6. The number of hydrogen-bond acceptors (Lipinski definition) is 7. The summed E-state index contributed by atoms with van der Waals surface area (Å²) in [5.41, 5.74) is 0. The van der Waals surface area contributed by atoms with Crippen LogP contribution in [0.4, 0.5) is 0 Å². The van der Waals surface area contributed by atoms with E-state index in [1.807, 2.05) is 0 Å². The molecule has 2 unspecified atom stereocenters. The van der Waals surface area contributed by atoms with Crippen LogP contribution in [0.15, 0.2) is 97.2 Å². The van der Waals surface area contributed by atoms with E-state index in [4.69, 9.17) is 14.2 Å². The fraction of sp³-hybridized carbons (Fsp3) is 0.612. The highest BCUT2D eigenvalue weighted by Crippen LogP contribution is 2.10. The van der Waals surface area contributed by atoms with Crippen molar-refractivity contribution in [2.24, 2.45) is 0 Å². The van der Waals surface area contributed by atoms with Crippen LogP contribution >= 0.6 is 0 Å². The second-order valence-electron chi connectivity index (χ2n) is 15.2. The van der Waals surface area contributed by atoms with E-state index in [1.165, 1.54) is 25.7 Å². The molecule has 0 N–H and O–H groups in total. The Morgan fingerprint density at radius 3 is 1.39 bits per heavy atom. The van der Waals surface area contributed by atoms with Crippen molar-refractivity contribution in [3.63, 3.8) is 0 Å². The van der Waals surface area contributed by atoms with E-state index in [1.54, 1.807) is 21.1 Å². The molecule has 0 aromatic rings. The number of carbonyl (C=O) groups is 3. The summed E-state index contributed by atoms with van der Waals surface area (Å²) in [6.45, 7) is 4.40. The Morgan fingerprint density at radius 1 is 0.544 bits per heavy atom. The highest BCUT2D eigenvalue weighted by molar-refractivity contribution is 5.70. The molecular weight excluding hydrogens is 715 g/mol. The average molecular weight is 794 g/mol. The van der Waals surface area contributed by atoms with Crippen molar-refractivity contribution in [2.75, 3.05) is 41.0 Å². The SMILES string of the molecule is CC/C=C/C/C=C/C/C=C/CCCCC(=O)OC(COCCC(C(=O)[O-])[N+](C)(C)C)COC(=O)CCCC/C=C/C/C=C/C/C=C/C/C=C/C/C=C/CCCCC. The summed E-state index contributed by atoms with van der Waals surface area (Å²) < 4.78 is 17.0. The van der Waals surface area contributed by atoms with Crippen LogP contribution in [-0.4, -0.2) is 75.5 Å². The minimum absolute atomic E-state index is 0.00462. The zero-order chi connectivity index (χ0) is 42.1. The predicted octanol–water partition coefficient (Wildman–Crippen LogP) is 10.6. The Balaban J connectivity index is 4.47. The smallest absolute Gasteiger partial charge is 0.306 e. The lowest BCUT2D eigenvalue weighted by Crippen LogP contribution is -2.55. The van der Waals surface area contributed by atoms with Crippen LogP contribution in [-0.2, 0) is 28.6 Å². The molecule has 0 heterocycles. The molecule has 8 heteroatoms. The molecule has 0 spiro atoms. The number of carboxylic acids is 1. The third-order valence-electron chi connectivity index (χ3n) is 8.95. The van der Waals surface area contributed by atoms with Gasteiger partial charge in [0, 0.05) is 19.3 Å². The lowest BCUT2D eigenvalue weighted by Gasteiger charge is -2.34. The minimum Gasteiger partial charge on any atom is -0.544 e. The number of hydrogen-bond donors (Lipinski definition) is 0. The Labute approximate surface area is 347 Å². The molecule has 0 rings (SSSR count). The van der Waals surface area contributed by atoms with E-state index in [2.05, 4.69) is 111 Å². The number of ether oxygens (including phenoxy) is 3. The average Bonchev–Trinajstić information content (AvgIpc) is 3.17. The molecule has 0 aliphatic rings. The van der Waals surface area contributed by atoms with E-state index in [0.717, 1.165) is 70.6 Å². The molecule has 0 aromatic carbocycles. The molecule has 0 saturated carbocycles. The Morgan fingerprint density at radius 2 is 0.965 bits per heavy atom. The second-order valence-corrected chi connectivity index (χ2v) is 15.2. The molecule has 0 aliphatic heterocycles. The summed E-state index contributed by atoms with van der Waals surface area (Å²) in [7, 11) is 5.36. The van der Waals surface area contributed by atoms with Crippen LogP contribution in [0.2, 0.25) is 0 Å². The van der Waals surface area contributed by atoms with Gasteiger partial charge in [-0.1, -0.05) is 124 Å². The van der Waals surface area contributed by atoms with Gasteiger partial charge in [-0.25, -0.2) is 0 Å². The Bertz CT molecular complexity index is 1250. The highest BCUT2D eigenvalue weighted by Gasteiger charge is 2.25. The summed E-state index contributed by atoms with van der Waals surface area (Å²) >= 11 is 0. The Hall–Kier alpha value is -3.75. The van der Waals surface area contributed by atoms with Gasteiger partial charge < -0.3 is 28.6 Å². The van der Waals surface area contributed by atoms with Crippen molar-refractivity contribution in [3.8, 4) is 0 Å². The van der Waals surface area contributed by atoms with E-state index < -0.39 is 18.1 Å². The topological polar surface area (TPSA) is 102 Å². The van der Waals surface area contributed by atoms with Crippen molar-refractivity contribution in [1.29, 1.82) is 0 Å². The fourth-order valence-electron chi connectivity index (χ4n) is 5.57. The van der Waals surface area contributed by atoms with Crippen molar-refractivity contribution in [2.45, 2.75) is 154 Å². The number of allylic oxidation sites excluding steroid dienone is 16. The zero-order valence-electron chi connectivity index (χ0n) is 36.5. The molecule has 0 aromatic heterocycles. The van der Waals surface area contributed by atoms with Crippen molar-refractivity contribution >= 4 is 17.9 Å². The van der Waals surface area contributed by atoms with Crippen molar-refractivity contribution in [1.82, 2.24) is 0 Å². The van der Waals surface area contributed by atoms with Gasteiger partial charge in [-0.15, -0.1) is 0 Å². The summed E-state index contributed by atoms with van der Waals surface area (Å²) in [6.07, 6.45) is 51.6. The van der Waals surface area contributed by atoms with Crippen LogP contribution in [0.1, 0.15) is 142 Å². The molecule has 0 bridgehead atoms. The number of rotatable bonds is 37. The van der Waals surface area contributed by atoms with Crippen molar-refractivity contribution in [3.05, 3.63) is 97.2 Å². The molecular formula is C49H79NO7. The maximum absolute atomic E-state index is 12.7. The Kier molecular flexibility index (Phi) is 36.5. The lowest BCUT2D eigenvalue weighted by atomic mass is 10.1. The van der Waals surface area contributed by atoms with Gasteiger partial charge in [0.25, 0.3) is 0 Å². The van der Waals surface area contributed by atoms with Crippen molar-refractivity contribution < 1.29 is 38.2 Å². The van der Waals surface area contributed by atoms with Gasteiger partial charge in [-0.3, -0.25) is 9.59 Å². The molecule has 0 saturated heterocycles. The standard InChI is InChI=1S/C49H79NO7/c1-6-8-10-12-14-16-18-20-21-22-23-24-25-26-27-28-30-31-33-35-37-39-47(51)56-44-45(43-55-42-41-46(49(53)54)50(3,4)5)57-48(52)40-38-36-34-32-29-19-17-15-13-11-9-7-2/h9,11,14-17,20-21,23-24,26-27,29-32,45-46H,6-8,10,12-13,18-19,22,25,28,33-44H2,1-5H3/b11-9+,16-14+,17-15+,21-20+,24-23+,27-26+,31-30+,32-29+. The van der Waals surface area contributed by atoms with E-state index in [-0.39, 0.29) is 55.5 Å². The first kappa shape index (κ1) is 53.2. The summed E-state index contributed by atoms with van der Waals surface area (Å²) in [4.78, 5) is 36.8. The number of esters is 2. The monoisotopic (exact) mass is 794 g/mol. The second kappa shape index (κ2) is 39.1. The van der Waals surface area contributed by atoms with Gasteiger partial charge in [0.1, 0.15) is 12.6 Å². The van der Waals surface area contributed by atoms with E-state index in [9.17, 15) is 19.5 Å². The normalized spacial score (nSPS) is 13.9. The molecule has 8 nitrogen and oxygen atoms in total. The zero-order valence-corrected chi connectivity index (χ0v) is 36.5. The number of carbonyl (C=O) groups excluding carboxylic acids is 3. The first-order valence-corrected chi connectivity index (χ1v) is 21.8. The number of unbranched alkanes of at least 4 members (excludes halogenated alkanes) is 7. The predicted molar refractivity (Wildman–Crippen MR) is 235 cm³/mol. The molecule has 322 valence electrons. The van der Waals surface area contributed by atoms with Crippen LogP contribution < -0.4 is 5.11 Å². The van der Waals surface area contributed by atoms with E-state index in [0.29, 0.717) is 12.8 Å². The number of nitrogens with zero attached hydrogens (tertiary/aromatic N) is 1. The third kappa shape index (κ3) is 37.6. The van der Waals surface area contributed by atoms with Gasteiger partial charge in [0.2, 0.25) is 0 Å². The fourth-order valence-corrected chi connectivity index (χ4v) is 5.57. The summed E-state index contributed by atoms with van der Waals surface area (Å²) in [6, 6.07) is -0.744. The van der Waals surface area contributed by atoms with Crippen LogP contribution in [0.3, 0.4) is 0 Å². The molecule has 0 aliphatic carbocycles. The van der Waals surface area contributed by atoms with Crippen LogP contribution in [0.5, 0.6) is 0 Å². The number of carboxylic acid groups (broad SMARTS) is 1. The maximum Gasteiger partial charge on any atom is 0.306 e. The first-order chi connectivity index (χ1) is 27.6. The number of likely N-dealkylation sites (N-methyl/N-ethyl adjacent to an activating group) is 1. The molecule has 57 heavy (non-hydrogen) atoms. The lowest BCUT2D eigenvalue weighted by molar-refractivity contribution is -0.889. The maximum atomic E-state index is 12.7. The van der Waals surface area contributed by atoms with Gasteiger partial charge >= 0.3 is 11.9 Å². The molecule has 0 radical (unpaired) electrons. The number of aliphatic carboxylic acids is 1. The summed E-state index contributed by atoms with van der Waals surface area (Å²) in [5.74, 6) is -1.86. The molecule has 0 fully saturated rings. The third-order valence-corrected chi connectivity index (χ3v) is 8.95. The van der Waals surface area contributed by atoms with Crippen LogP contribution in [0, 0.1) is 0 Å². The van der Waals surface area contributed by atoms with Gasteiger partial charge in [0.15, 0.2) is 6.10 Å². The molecule has 2 atom stereocenters. The van der Waals surface area contributed by atoms with Gasteiger partial charge in [-0.05, 0) is 96.3 Å². The highest BCUT2D eigenvalue weighted by atomic mass is 16.6. The number of quaternary nitrogens is 1.